The third kappa shape index (κ3) is 4.34. The number of nitrogens with two attached hydrogens (primary N) is 2. The molecule has 1 aromatic heterocycles. The normalized spacial score (nSPS) is 33.1. The van der Waals surface area contributed by atoms with E-state index in [1.807, 2.05) is 12.1 Å². The largest absolute Gasteiger partial charge is 0.385 e. The number of carbonyl (C=O) groups is 1. The van der Waals surface area contributed by atoms with Crippen molar-refractivity contribution in [3.63, 3.8) is 0 Å². The van der Waals surface area contributed by atoms with Gasteiger partial charge in [0.1, 0.15) is 17.5 Å². The summed E-state index contributed by atoms with van der Waals surface area (Å²) >= 11 is 0. The second-order valence-electron chi connectivity index (χ2n) is 9.83. The van der Waals surface area contributed by atoms with Crippen LogP contribution in [0.15, 0.2) is 36.5 Å². The van der Waals surface area contributed by atoms with E-state index in [2.05, 4.69) is 24.5 Å². The Morgan fingerprint density at radius 1 is 1.38 bits per heavy atom. The summed E-state index contributed by atoms with van der Waals surface area (Å²) in [5.74, 6) is 0.917. The topological polar surface area (TPSA) is 148 Å². The SMILES string of the molecule is CCCC1C(C)CNc2c(ccn2[C@@H]2O[C@H](C(=O)Nc3cccc(CN)c3)[C@@](C)(O)[C@H]2O)C1N. The third-order valence-electron chi connectivity index (χ3n) is 7.33. The molecule has 186 valence electrons. The Bertz CT molecular complexity index is 1020. The number of benzene rings is 1. The van der Waals surface area contributed by atoms with Crippen LogP contribution in [0.4, 0.5) is 11.5 Å². The van der Waals surface area contributed by atoms with Crippen molar-refractivity contribution in [2.45, 2.75) is 70.2 Å². The molecule has 3 heterocycles. The molecule has 9 heteroatoms. The zero-order valence-corrected chi connectivity index (χ0v) is 20.1. The maximum absolute atomic E-state index is 13.1. The molecule has 4 rings (SSSR count). The second kappa shape index (κ2) is 9.67. The van der Waals surface area contributed by atoms with Crippen molar-refractivity contribution < 1.29 is 19.7 Å². The summed E-state index contributed by atoms with van der Waals surface area (Å²) in [4.78, 5) is 13.1. The predicted octanol–water partition coefficient (Wildman–Crippen LogP) is 2.07. The number of carbonyl (C=O) groups excluding carboxylic acids is 1. The molecule has 0 saturated carbocycles. The summed E-state index contributed by atoms with van der Waals surface area (Å²) in [6.45, 7) is 6.84. The van der Waals surface area contributed by atoms with E-state index >= 15 is 0 Å². The first-order valence-corrected chi connectivity index (χ1v) is 12.0. The van der Waals surface area contributed by atoms with E-state index in [9.17, 15) is 15.0 Å². The van der Waals surface area contributed by atoms with E-state index in [1.165, 1.54) is 6.92 Å². The molecule has 0 bridgehead atoms. The number of fused-ring (bicyclic) bond motifs is 1. The first-order chi connectivity index (χ1) is 16.2. The van der Waals surface area contributed by atoms with E-state index in [-0.39, 0.29) is 6.04 Å². The number of rotatable bonds is 6. The van der Waals surface area contributed by atoms with Crippen LogP contribution >= 0.6 is 0 Å². The van der Waals surface area contributed by atoms with Gasteiger partial charge in [0.2, 0.25) is 0 Å². The summed E-state index contributed by atoms with van der Waals surface area (Å²) in [6.07, 6.45) is 0.309. The lowest BCUT2D eigenvalue weighted by atomic mass is 9.82. The van der Waals surface area contributed by atoms with Crippen molar-refractivity contribution in [3.05, 3.63) is 47.7 Å². The molecule has 9 nitrogen and oxygen atoms in total. The lowest BCUT2D eigenvalue weighted by Crippen LogP contribution is -2.49. The Morgan fingerprint density at radius 3 is 2.85 bits per heavy atom. The van der Waals surface area contributed by atoms with Crippen molar-refractivity contribution in [2.75, 3.05) is 17.2 Å². The highest BCUT2D eigenvalue weighted by Gasteiger charge is 2.56. The van der Waals surface area contributed by atoms with Gasteiger partial charge >= 0.3 is 0 Å². The average molecular weight is 472 g/mol. The van der Waals surface area contributed by atoms with Gasteiger partial charge in [-0.1, -0.05) is 32.4 Å². The molecule has 8 N–H and O–H groups in total. The molecule has 1 fully saturated rings. The highest BCUT2D eigenvalue weighted by atomic mass is 16.6. The van der Waals surface area contributed by atoms with E-state index in [0.29, 0.717) is 24.1 Å². The Morgan fingerprint density at radius 2 is 2.15 bits per heavy atom. The maximum atomic E-state index is 13.1. The first kappa shape index (κ1) is 24.7. The molecule has 0 aliphatic carbocycles. The van der Waals surface area contributed by atoms with Gasteiger partial charge in [-0.15, -0.1) is 0 Å². The summed E-state index contributed by atoms with van der Waals surface area (Å²) < 4.78 is 7.76. The molecular weight excluding hydrogens is 434 g/mol. The van der Waals surface area contributed by atoms with Crippen LogP contribution in [0.1, 0.15) is 57.0 Å². The zero-order valence-electron chi connectivity index (χ0n) is 20.1. The highest BCUT2D eigenvalue weighted by Crippen LogP contribution is 2.43. The van der Waals surface area contributed by atoms with Gasteiger partial charge in [0, 0.05) is 36.6 Å². The van der Waals surface area contributed by atoms with Crippen molar-refractivity contribution in [1.29, 1.82) is 0 Å². The average Bonchev–Trinajstić information content (AvgIpc) is 3.30. The van der Waals surface area contributed by atoms with E-state index < -0.39 is 29.9 Å². The van der Waals surface area contributed by atoms with E-state index in [0.717, 1.165) is 36.3 Å². The van der Waals surface area contributed by atoms with Crippen molar-refractivity contribution >= 4 is 17.4 Å². The lowest BCUT2D eigenvalue weighted by Gasteiger charge is -2.26. The minimum absolute atomic E-state index is 0.158. The fourth-order valence-corrected chi connectivity index (χ4v) is 5.25. The van der Waals surface area contributed by atoms with Gasteiger partial charge in [-0.05, 0) is 48.9 Å². The number of aliphatic hydroxyl groups is 2. The van der Waals surface area contributed by atoms with Gasteiger partial charge in [-0.2, -0.15) is 0 Å². The van der Waals surface area contributed by atoms with E-state index in [4.69, 9.17) is 16.2 Å². The summed E-state index contributed by atoms with van der Waals surface area (Å²) in [5, 5.41) is 28.4. The molecule has 0 spiro atoms. The molecule has 34 heavy (non-hydrogen) atoms. The van der Waals surface area contributed by atoms with Crippen LogP contribution in [0.25, 0.3) is 0 Å². The van der Waals surface area contributed by atoms with Crippen LogP contribution in [0, 0.1) is 11.8 Å². The van der Waals surface area contributed by atoms with Crippen molar-refractivity contribution in [1.82, 2.24) is 4.57 Å². The van der Waals surface area contributed by atoms with Crippen molar-refractivity contribution in [3.8, 4) is 0 Å². The van der Waals surface area contributed by atoms with E-state index in [1.54, 1.807) is 29.0 Å². The Labute approximate surface area is 200 Å². The Kier molecular flexibility index (Phi) is 7.02. The Hall–Kier alpha value is -2.43. The number of aliphatic hydroxyl groups excluding tert-OH is 1. The van der Waals surface area contributed by atoms with Crippen LogP contribution in [0.3, 0.4) is 0 Å². The van der Waals surface area contributed by atoms with Crippen LogP contribution in [0.5, 0.6) is 0 Å². The zero-order chi connectivity index (χ0) is 24.6. The monoisotopic (exact) mass is 471 g/mol. The van der Waals surface area contributed by atoms with Crippen LogP contribution in [-0.2, 0) is 16.1 Å². The number of hydrogen-bond donors (Lipinski definition) is 6. The molecule has 7 atom stereocenters. The number of nitrogens with zero attached hydrogens (tertiary/aromatic N) is 1. The summed E-state index contributed by atoms with van der Waals surface area (Å²) in [6, 6.07) is 8.93. The first-order valence-electron chi connectivity index (χ1n) is 12.0. The second-order valence-corrected chi connectivity index (χ2v) is 9.83. The van der Waals surface area contributed by atoms with Gasteiger partial charge in [-0.25, -0.2) is 0 Å². The quantitative estimate of drug-likeness (QED) is 0.378. The highest BCUT2D eigenvalue weighted by molar-refractivity contribution is 5.95. The third-order valence-corrected chi connectivity index (χ3v) is 7.33. The maximum Gasteiger partial charge on any atom is 0.256 e. The van der Waals surface area contributed by atoms with Crippen molar-refractivity contribution in [2.24, 2.45) is 23.3 Å². The molecule has 1 saturated heterocycles. The number of aromatic nitrogens is 1. The van der Waals surface area contributed by atoms with Gasteiger partial charge in [0.25, 0.3) is 5.91 Å². The molecule has 3 unspecified atom stereocenters. The fraction of sp³-hybridized carbons (Fsp3) is 0.560. The molecule has 2 aromatic rings. The predicted molar refractivity (Wildman–Crippen MR) is 131 cm³/mol. The number of anilines is 2. The van der Waals surface area contributed by atoms with Gasteiger partial charge in [0.05, 0.1) is 0 Å². The summed E-state index contributed by atoms with van der Waals surface area (Å²) in [7, 11) is 0. The molecule has 2 aliphatic heterocycles. The number of hydrogen-bond acceptors (Lipinski definition) is 7. The van der Waals surface area contributed by atoms with Crippen LogP contribution in [0.2, 0.25) is 0 Å². The molecular formula is C25H37N5O4. The van der Waals surface area contributed by atoms with Gasteiger partial charge < -0.3 is 41.6 Å². The smallest absolute Gasteiger partial charge is 0.256 e. The number of nitrogens with one attached hydrogen (secondary N) is 2. The van der Waals surface area contributed by atoms with Crippen LogP contribution in [-0.4, -0.2) is 45.0 Å². The minimum atomic E-state index is -1.80. The standard InChI is InChI=1S/C25H37N5O4/c1-4-6-17-14(2)13-28-22-18(19(17)27)9-10-30(22)24-20(31)25(3,33)21(34-24)23(32)29-16-8-5-7-15(11-16)12-26/h5,7-11,14,17,19-21,24,28,31,33H,4,6,12-13,26-27H2,1-3H3,(H,29,32)/t14?,17?,19?,20-,21+,24+,25-/m0/s1. The minimum Gasteiger partial charge on any atom is -0.385 e. The number of ether oxygens (including phenoxy) is 1. The van der Waals surface area contributed by atoms with Gasteiger partial charge in [0.15, 0.2) is 12.3 Å². The summed E-state index contributed by atoms with van der Waals surface area (Å²) in [5.41, 5.74) is 12.9. The van der Waals surface area contributed by atoms with Crippen LogP contribution < -0.4 is 22.1 Å². The van der Waals surface area contributed by atoms with Gasteiger partial charge in [-0.3, -0.25) is 4.79 Å². The molecule has 1 aromatic carbocycles. The fourth-order valence-electron chi connectivity index (χ4n) is 5.25. The molecule has 0 radical (unpaired) electrons. The lowest BCUT2D eigenvalue weighted by molar-refractivity contribution is -0.137. The molecule has 1 amide bonds. The number of amides is 1. The molecule has 2 aliphatic rings. The Balaban J connectivity index is 1.59.